The van der Waals surface area contributed by atoms with E-state index in [-0.39, 0.29) is 5.69 Å². The third kappa shape index (κ3) is 4.66. The normalized spacial score (nSPS) is 13.5. The average Bonchev–Trinajstić information content (AvgIpc) is 3.11. The SMILES string of the molecule is Cc1cccc(F)c1NC(=O)c1cc(F)c(-n2nc3n(c2=O)CCCC3)cc1OCC(F)(F)F. The predicted octanol–water partition coefficient (Wildman–Crippen LogP) is 4.15. The van der Waals surface area contributed by atoms with Crippen molar-refractivity contribution in [2.75, 3.05) is 11.9 Å². The largest absolute Gasteiger partial charge is 0.483 e. The van der Waals surface area contributed by atoms with Crippen LogP contribution in [0.1, 0.15) is 34.6 Å². The van der Waals surface area contributed by atoms with E-state index in [1.54, 1.807) is 0 Å². The van der Waals surface area contributed by atoms with Crippen LogP contribution in [0, 0.1) is 18.6 Å². The van der Waals surface area contributed by atoms with Gasteiger partial charge in [0.15, 0.2) is 6.61 Å². The fourth-order valence-electron chi connectivity index (χ4n) is 3.69. The fourth-order valence-corrected chi connectivity index (χ4v) is 3.69. The number of alkyl halides is 3. The van der Waals surface area contributed by atoms with Crippen molar-refractivity contribution in [3.8, 4) is 11.4 Å². The number of rotatable bonds is 5. The number of fused-ring (bicyclic) bond motifs is 1. The molecule has 180 valence electrons. The molecular formula is C22H19F5N4O3. The molecule has 0 unspecified atom stereocenters. The van der Waals surface area contributed by atoms with E-state index in [1.807, 2.05) is 0 Å². The maximum absolute atomic E-state index is 15.1. The zero-order valence-electron chi connectivity index (χ0n) is 17.9. The summed E-state index contributed by atoms with van der Waals surface area (Å²) in [7, 11) is 0. The molecule has 1 aliphatic rings. The van der Waals surface area contributed by atoms with Crippen molar-refractivity contribution in [2.24, 2.45) is 0 Å². The van der Waals surface area contributed by atoms with Crippen LogP contribution in [0.25, 0.3) is 5.69 Å². The highest BCUT2D eigenvalue weighted by molar-refractivity contribution is 6.06. The third-order valence-electron chi connectivity index (χ3n) is 5.34. The average molecular weight is 482 g/mol. The van der Waals surface area contributed by atoms with E-state index in [0.29, 0.717) is 30.4 Å². The summed E-state index contributed by atoms with van der Waals surface area (Å²) in [6.07, 6.45) is -2.75. The molecule has 1 amide bonds. The van der Waals surface area contributed by atoms with Crippen LogP contribution in [-0.2, 0) is 13.0 Å². The Kier molecular flexibility index (Phi) is 6.15. The van der Waals surface area contributed by atoms with Crippen LogP contribution in [0.3, 0.4) is 0 Å². The Balaban J connectivity index is 1.78. The Hall–Kier alpha value is -3.70. The van der Waals surface area contributed by atoms with Gasteiger partial charge in [0, 0.05) is 19.0 Å². The van der Waals surface area contributed by atoms with Crippen LogP contribution in [0.15, 0.2) is 35.1 Å². The number of hydrogen-bond acceptors (Lipinski definition) is 4. The number of amides is 1. The fraction of sp³-hybridized carbons (Fsp3) is 0.318. The Morgan fingerprint density at radius 2 is 1.94 bits per heavy atom. The minimum atomic E-state index is -4.76. The van der Waals surface area contributed by atoms with Gasteiger partial charge < -0.3 is 10.1 Å². The maximum atomic E-state index is 15.1. The lowest BCUT2D eigenvalue weighted by Gasteiger charge is -2.16. The molecule has 1 aromatic heterocycles. The highest BCUT2D eigenvalue weighted by Crippen LogP contribution is 2.29. The second kappa shape index (κ2) is 8.92. The number of halogens is 5. The number of aromatic nitrogens is 3. The van der Waals surface area contributed by atoms with E-state index in [9.17, 15) is 27.2 Å². The highest BCUT2D eigenvalue weighted by atomic mass is 19.4. The number of carbonyl (C=O) groups excluding carboxylic acids is 1. The van der Waals surface area contributed by atoms with Crippen LogP contribution in [0.5, 0.6) is 5.75 Å². The number of para-hydroxylation sites is 1. The Morgan fingerprint density at radius 1 is 1.18 bits per heavy atom. The van der Waals surface area contributed by atoms with Gasteiger partial charge in [-0.05, 0) is 37.5 Å². The van der Waals surface area contributed by atoms with Crippen molar-refractivity contribution < 1.29 is 31.5 Å². The zero-order chi connectivity index (χ0) is 24.6. The molecule has 4 rings (SSSR count). The van der Waals surface area contributed by atoms with Crippen LogP contribution >= 0.6 is 0 Å². The first-order valence-electron chi connectivity index (χ1n) is 10.3. The molecule has 7 nitrogen and oxygen atoms in total. The first kappa shape index (κ1) is 23.5. The molecule has 0 atom stereocenters. The first-order chi connectivity index (χ1) is 16.0. The highest BCUT2D eigenvalue weighted by Gasteiger charge is 2.30. The lowest BCUT2D eigenvalue weighted by molar-refractivity contribution is -0.153. The van der Waals surface area contributed by atoms with E-state index in [1.165, 1.54) is 23.6 Å². The summed E-state index contributed by atoms with van der Waals surface area (Å²) < 4.78 is 74.6. The molecule has 2 heterocycles. The first-order valence-corrected chi connectivity index (χ1v) is 10.3. The van der Waals surface area contributed by atoms with E-state index in [4.69, 9.17) is 4.74 Å². The molecule has 2 aromatic carbocycles. The molecule has 0 saturated carbocycles. The number of aryl methyl sites for hydroxylation is 2. The van der Waals surface area contributed by atoms with E-state index >= 15 is 4.39 Å². The van der Waals surface area contributed by atoms with Gasteiger partial charge in [0.1, 0.15) is 28.9 Å². The molecule has 12 heteroatoms. The smallest absolute Gasteiger partial charge is 0.422 e. The summed E-state index contributed by atoms with van der Waals surface area (Å²) in [5.41, 5.74) is -1.60. The molecular weight excluding hydrogens is 463 g/mol. The molecule has 1 aliphatic heterocycles. The summed E-state index contributed by atoms with van der Waals surface area (Å²) in [5, 5.41) is 6.34. The number of anilines is 1. The van der Waals surface area contributed by atoms with Crippen LogP contribution in [0.2, 0.25) is 0 Å². The van der Waals surface area contributed by atoms with Crippen molar-refractivity contribution in [3.63, 3.8) is 0 Å². The molecule has 0 fully saturated rings. The predicted molar refractivity (Wildman–Crippen MR) is 111 cm³/mol. The van der Waals surface area contributed by atoms with E-state index in [2.05, 4.69) is 10.4 Å². The molecule has 0 aliphatic carbocycles. The Bertz CT molecular complexity index is 1290. The van der Waals surface area contributed by atoms with Gasteiger partial charge in [-0.15, -0.1) is 5.10 Å². The van der Waals surface area contributed by atoms with Gasteiger partial charge in [0.2, 0.25) is 0 Å². The van der Waals surface area contributed by atoms with Crippen LogP contribution in [0.4, 0.5) is 27.6 Å². The zero-order valence-corrected chi connectivity index (χ0v) is 17.9. The van der Waals surface area contributed by atoms with Crippen molar-refractivity contribution in [2.45, 2.75) is 38.9 Å². The number of nitrogens with one attached hydrogen (secondary N) is 1. The van der Waals surface area contributed by atoms with Gasteiger partial charge in [-0.1, -0.05) is 12.1 Å². The molecule has 0 radical (unpaired) electrons. The van der Waals surface area contributed by atoms with Gasteiger partial charge in [-0.2, -0.15) is 17.9 Å². The van der Waals surface area contributed by atoms with E-state index < -0.39 is 53.0 Å². The van der Waals surface area contributed by atoms with Crippen LogP contribution in [-0.4, -0.2) is 33.0 Å². The number of nitrogens with zero attached hydrogens (tertiary/aromatic N) is 3. The second-order valence-corrected chi connectivity index (χ2v) is 7.81. The lowest BCUT2D eigenvalue weighted by Crippen LogP contribution is -2.27. The Morgan fingerprint density at radius 3 is 2.62 bits per heavy atom. The number of hydrogen-bond donors (Lipinski definition) is 1. The molecule has 0 saturated heterocycles. The van der Waals surface area contributed by atoms with Crippen molar-refractivity contribution in [1.29, 1.82) is 0 Å². The minimum Gasteiger partial charge on any atom is -0.483 e. The third-order valence-corrected chi connectivity index (χ3v) is 5.34. The van der Waals surface area contributed by atoms with Crippen LogP contribution < -0.4 is 15.7 Å². The van der Waals surface area contributed by atoms with Crippen molar-refractivity contribution in [3.05, 3.63) is 69.4 Å². The molecule has 1 N–H and O–H groups in total. The second-order valence-electron chi connectivity index (χ2n) is 7.81. The van der Waals surface area contributed by atoms with Gasteiger partial charge >= 0.3 is 11.9 Å². The summed E-state index contributed by atoms with van der Waals surface area (Å²) in [6, 6.07) is 5.45. The van der Waals surface area contributed by atoms with Gasteiger partial charge in [0.05, 0.1) is 11.3 Å². The maximum Gasteiger partial charge on any atom is 0.422 e. The summed E-state index contributed by atoms with van der Waals surface area (Å²) in [5.74, 6) is -3.18. The number of ether oxygens (including phenoxy) is 1. The monoisotopic (exact) mass is 482 g/mol. The molecule has 0 spiro atoms. The van der Waals surface area contributed by atoms with E-state index in [0.717, 1.165) is 29.7 Å². The summed E-state index contributed by atoms with van der Waals surface area (Å²) in [4.78, 5) is 25.5. The minimum absolute atomic E-state index is 0.211. The topological polar surface area (TPSA) is 78.2 Å². The Labute approximate surface area is 189 Å². The van der Waals surface area contributed by atoms with Gasteiger partial charge in [-0.25, -0.2) is 13.6 Å². The van der Waals surface area contributed by atoms with Crippen molar-refractivity contribution in [1.82, 2.24) is 14.3 Å². The number of benzene rings is 2. The molecule has 3 aromatic rings. The molecule has 34 heavy (non-hydrogen) atoms. The quantitative estimate of drug-likeness (QED) is 0.555. The summed E-state index contributed by atoms with van der Waals surface area (Å²) in [6.45, 7) is 0.123. The summed E-state index contributed by atoms with van der Waals surface area (Å²) >= 11 is 0. The van der Waals surface area contributed by atoms with Crippen molar-refractivity contribution >= 4 is 11.6 Å². The standard InChI is InChI=1S/C22H19F5N4O3/c1-12-5-4-6-14(23)19(12)28-20(32)13-9-15(24)16(10-17(13)34-11-22(25,26)27)31-21(33)30-8-3-2-7-18(30)29-31/h4-6,9-10H,2-3,7-8,11H2,1H3,(H,28,32). The molecule has 0 bridgehead atoms. The number of carbonyl (C=O) groups is 1. The van der Waals surface area contributed by atoms with Gasteiger partial charge in [-0.3, -0.25) is 9.36 Å². The van der Waals surface area contributed by atoms with Gasteiger partial charge in [0.25, 0.3) is 5.91 Å². The lowest BCUT2D eigenvalue weighted by atomic mass is 10.1.